The van der Waals surface area contributed by atoms with Crippen molar-refractivity contribution in [2.24, 2.45) is 5.41 Å². The van der Waals surface area contributed by atoms with Gasteiger partial charge >= 0.3 is 0 Å². The third-order valence-electron chi connectivity index (χ3n) is 5.33. The van der Waals surface area contributed by atoms with Crippen LogP contribution in [0.25, 0.3) is 11.4 Å². The summed E-state index contributed by atoms with van der Waals surface area (Å²) in [6.07, 6.45) is 9.06. The van der Waals surface area contributed by atoms with Gasteiger partial charge in [0, 0.05) is 36.0 Å². The van der Waals surface area contributed by atoms with Gasteiger partial charge in [-0.15, -0.1) is 0 Å². The highest BCUT2D eigenvalue weighted by molar-refractivity contribution is 5.53. The maximum atomic E-state index is 9.46. The van der Waals surface area contributed by atoms with E-state index in [0.717, 1.165) is 36.5 Å². The van der Waals surface area contributed by atoms with E-state index in [1.807, 2.05) is 6.07 Å². The van der Waals surface area contributed by atoms with Crippen molar-refractivity contribution in [3.05, 3.63) is 30.4 Å². The van der Waals surface area contributed by atoms with Crippen LogP contribution in [0.3, 0.4) is 0 Å². The van der Waals surface area contributed by atoms with E-state index < -0.39 is 0 Å². The SMILES string of the molecule is OCC12CC(c3nc(-c4c[c]cnc4)nn3C3CC3)(C1)C2. The molecule has 0 aliphatic heterocycles. The summed E-state index contributed by atoms with van der Waals surface area (Å²) in [5.41, 5.74) is 1.31. The van der Waals surface area contributed by atoms with Crippen molar-refractivity contribution < 1.29 is 5.11 Å². The van der Waals surface area contributed by atoms with Gasteiger partial charge in [0.2, 0.25) is 0 Å². The first-order chi connectivity index (χ1) is 10.2. The van der Waals surface area contributed by atoms with Crippen molar-refractivity contribution in [3.8, 4) is 11.4 Å². The largest absolute Gasteiger partial charge is 0.396 e. The molecule has 4 saturated carbocycles. The van der Waals surface area contributed by atoms with E-state index in [9.17, 15) is 5.11 Å². The van der Waals surface area contributed by atoms with Crippen LogP contribution in [0.15, 0.2) is 18.5 Å². The maximum absolute atomic E-state index is 9.46. The molecule has 0 saturated heterocycles. The normalized spacial score (nSPS) is 33.4. The number of nitrogens with zero attached hydrogens (tertiary/aromatic N) is 4. The van der Waals surface area contributed by atoms with E-state index in [0.29, 0.717) is 12.6 Å². The van der Waals surface area contributed by atoms with Crippen LogP contribution in [0.2, 0.25) is 0 Å². The van der Waals surface area contributed by atoms with Gasteiger partial charge in [0.1, 0.15) is 5.82 Å². The lowest BCUT2D eigenvalue weighted by atomic mass is 9.35. The molecule has 2 aromatic rings. The van der Waals surface area contributed by atoms with Crippen molar-refractivity contribution in [1.29, 1.82) is 0 Å². The molecule has 4 aliphatic rings. The summed E-state index contributed by atoms with van der Waals surface area (Å²) >= 11 is 0. The highest BCUT2D eigenvalue weighted by Gasteiger charge is 2.70. The average Bonchev–Trinajstić information content (AvgIpc) is 3.18. The number of aliphatic hydroxyl groups excluding tert-OH is 1. The molecule has 1 N–H and O–H groups in total. The molecule has 1 radical (unpaired) electrons. The summed E-state index contributed by atoms with van der Waals surface area (Å²) < 4.78 is 2.16. The summed E-state index contributed by atoms with van der Waals surface area (Å²) in [6, 6.07) is 5.41. The molecule has 0 unspecified atom stereocenters. The lowest BCUT2D eigenvalue weighted by Crippen LogP contribution is -2.67. The average molecular weight is 281 g/mol. The topological polar surface area (TPSA) is 63.8 Å². The molecule has 0 atom stereocenters. The highest BCUT2D eigenvalue weighted by atomic mass is 16.3. The molecular formula is C16H17N4O. The smallest absolute Gasteiger partial charge is 0.182 e. The number of aromatic nitrogens is 4. The molecular weight excluding hydrogens is 264 g/mol. The van der Waals surface area contributed by atoms with Crippen molar-refractivity contribution in [2.45, 2.75) is 43.6 Å². The van der Waals surface area contributed by atoms with Gasteiger partial charge in [-0.1, -0.05) is 0 Å². The second kappa shape index (κ2) is 3.71. The van der Waals surface area contributed by atoms with Gasteiger partial charge in [0.25, 0.3) is 0 Å². The second-order valence-electron chi connectivity index (χ2n) is 7.08. The maximum Gasteiger partial charge on any atom is 0.182 e. The van der Waals surface area contributed by atoms with Crippen LogP contribution in [0.5, 0.6) is 0 Å². The van der Waals surface area contributed by atoms with Gasteiger partial charge in [0.05, 0.1) is 6.04 Å². The van der Waals surface area contributed by atoms with Crippen LogP contribution in [-0.4, -0.2) is 31.5 Å². The molecule has 4 aliphatic carbocycles. The van der Waals surface area contributed by atoms with Gasteiger partial charge in [-0.3, -0.25) is 4.98 Å². The van der Waals surface area contributed by atoms with Crippen molar-refractivity contribution >= 4 is 0 Å². The van der Waals surface area contributed by atoms with Crippen LogP contribution < -0.4 is 0 Å². The number of hydrogen-bond donors (Lipinski definition) is 1. The lowest BCUT2D eigenvalue weighted by Gasteiger charge is -2.69. The summed E-state index contributed by atoms with van der Waals surface area (Å²) in [5, 5.41) is 14.2. The third-order valence-corrected chi connectivity index (χ3v) is 5.33. The molecule has 0 aromatic carbocycles. The van der Waals surface area contributed by atoms with Gasteiger partial charge in [0.15, 0.2) is 5.82 Å². The first-order valence-corrected chi connectivity index (χ1v) is 7.63. The minimum absolute atomic E-state index is 0.183. The van der Waals surface area contributed by atoms with Crippen molar-refractivity contribution in [2.75, 3.05) is 6.61 Å². The first-order valence-electron chi connectivity index (χ1n) is 7.63. The lowest BCUT2D eigenvalue weighted by molar-refractivity contribution is -0.173. The zero-order valence-electron chi connectivity index (χ0n) is 11.8. The fraction of sp³-hybridized carbons (Fsp3) is 0.562. The predicted octanol–water partition coefficient (Wildman–Crippen LogP) is 1.89. The first kappa shape index (κ1) is 11.9. The minimum atomic E-state index is 0.183. The Labute approximate surface area is 123 Å². The Balaban J connectivity index is 1.55. The highest BCUT2D eigenvalue weighted by Crippen LogP contribution is 2.73. The monoisotopic (exact) mass is 281 g/mol. The molecule has 5 nitrogen and oxygen atoms in total. The predicted molar refractivity (Wildman–Crippen MR) is 75.4 cm³/mol. The summed E-state index contributed by atoms with van der Waals surface area (Å²) in [6.45, 7) is 0.316. The Morgan fingerprint density at radius 3 is 2.76 bits per heavy atom. The van der Waals surface area contributed by atoms with Gasteiger partial charge in [-0.05, 0) is 43.6 Å². The molecule has 4 fully saturated rings. The van der Waals surface area contributed by atoms with Gasteiger partial charge in [-0.25, -0.2) is 9.67 Å². The Hall–Kier alpha value is -1.75. The molecule has 5 heteroatoms. The molecule has 0 spiro atoms. The van der Waals surface area contributed by atoms with E-state index >= 15 is 0 Å². The van der Waals surface area contributed by atoms with E-state index in [2.05, 4.69) is 15.7 Å². The molecule has 0 amide bonds. The standard InChI is InChI=1S/C16H17N4O/c21-10-15-7-16(8-15,9-15)14-18-13(11-2-1-5-17-6-11)19-20(14)12-3-4-12/h2,5-6,12,21H,3-4,7-10H2. The molecule has 2 heterocycles. The summed E-state index contributed by atoms with van der Waals surface area (Å²) in [5.74, 6) is 1.91. The number of hydrogen-bond acceptors (Lipinski definition) is 4. The minimum Gasteiger partial charge on any atom is -0.396 e. The van der Waals surface area contributed by atoms with Crippen LogP contribution in [0.4, 0.5) is 0 Å². The Bertz CT molecular complexity index is 685. The second-order valence-corrected chi connectivity index (χ2v) is 7.08. The van der Waals surface area contributed by atoms with Crippen LogP contribution >= 0.6 is 0 Å². The van der Waals surface area contributed by atoms with Gasteiger partial charge in [-0.2, -0.15) is 5.10 Å². The van der Waals surface area contributed by atoms with E-state index in [1.54, 1.807) is 12.4 Å². The van der Waals surface area contributed by atoms with Crippen molar-refractivity contribution in [3.63, 3.8) is 0 Å². The Morgan fingerprint density at radius 2 is 2.14 bits per heavy atom. The fourth-order valence-electron chi connectivity index (χ4n) is 4.23. The van der Waals surface area contributed by atoms with Crippen LogP contribution in [0, 0.1) is 11.5 Å². The third kappa shape index (κ3) is 1.52. The molecule has 107 valence electrons. The van der Waals surface area contributed by atoms with E-state index in [1.165, 1.54) is 12.8 Å². The molecule has 6 rings (SSSR count). The Morgan fingerprint density at radius 1 is 1.33 bits per heavy atom. The summed E-state index contributed by atoms with van der Waals surface area (Å²) in [4.78, 5) is 8.96. The van der Waals surface area contributed by atoms with Crippen LogP contribution in [0.1, 0.15) is 44.0 Å². The quantitative estimate of drug-likeness (QED) is 0.929. The fourth-order valence-corrected chi connectivity index (χ4v) is 4.23. The molecule has 21 heavy (non-hydrogen) atoms. The molecule has 2 bridgehead atoms. The zero-order valence-corrected chi connectivity index (χ0v) is 11.8. The molecule has 2 aromatic heterocycles. The number of pyridine rings is 1. The zero-order chi connectivity index (χ0) is 14.1. The summed E-state index contributed by atoms with van der Waals surface area (Å²) in [7, 11) is 0. The van der Waals surface area contributed by atoms with Crippen molar-refractivity contribution in [1.82, 2.24) is 19.7 Å². The van der Waals surface area contributed by atoms with E-state index in [4.69, 9.17) is 10.1 Å². The van der Waals surface area contributed by atoms with E-state index in [-0.39, 0.29) is 10.8 Å². The number of aliphatic hydroxyl groups is 1. The number of rotatable bonds is 4. The Kier molecular flexibility index (Phi) is 2.10. The van der Waals surface area contributed by atoms with Crippen LogP contribution in [-0.2, 0) is 5.41 Å². The van der Waals surface area contributed by atoms with Gasteiger partial charge < -0.3 is 5.11 Å².